The van der Waals surface area contributed by atoms with Gasteiger partial charge >= 0.3 is 0 Å². The second kappa shape index (κ2) is 8.16. The molecule has 9 heteroatoms. The molecule has 1 atom stereocenters. The molecule has 3 heterocycles. The van der Waals surface area contributed by atoms with Crippen LogP contribution >= 0.6 is 23.7 Å². The molecule has 0 radical (unpaired) electrons. The number of rotatable bonds is 6. The number of likely N-dealkylation sites (N-methyl/N-ethyl adjacent to an activating group) is 1. The van der Waals surface area contributed by atoms with Crippen molar-refractivity contribution in [3.8, 4) is 10.7 Å². The number of hydrogen-bond donors (Lipinski definition) is 1. The van der Waals surface area contributed by atoms with Crippen molar-refractivity contribution in [1.82, 2.24) is 30.0 Å². The van der Waals surface area contributed by atoms with Crippen LogP contribution in [0.4, 0.5) is 0 Å². The summed E-state index contributed by atoms with van der Waals surface area (Å²) in [6.07, 6.45) is 0.728. The lowest BCUT2D eigenvalue weighted by molar-refractivity contribution is 0.366. The van der Waals surface area contributed by atoms with Crippen LogP contribution in [0.2, 0.25) is 0 Å². The molecule has 3 aromatic heterocycles. The van der Waals surface area contributed by atoms with E-state index in [4.69, 9.17) is 9.51 Å². The zero-order chi connectivity index (χ0) is 18.1. The first-order chi connectivity index (χ1) is 12.7. The van der Waals surface area contributed by atoms with Gasteiger partial charge < -0.3 is 14.4 Å². The normalized spacial score (nSPS) is 12.3. The first-order valence-corrected chi connectivity index (χ1v) is 9.38. The largest absolute Gasteiger partial charge is 0.337 e. The van der Waals surface area contributed by atoms with Crippen molar-refractivity contribution in [2.45, 2.75) is 32.9 Å². The minimum absolute atomic E-state index is 0. The Hall–Kier alpha value is -2.29. The number of imidazole rings is 1. The first-order valence-electron chi connectivity index (χ1n) is 8.50. The second-order valence-electron chi connectivity index (χ2n) is 6.28. The average molecular weight is 405 g/mol. The van der Waals surface area contributed by atoms with Gasteiger partial charge in [0.15, 0.2) is 11.6 Å². The monoisotopic (exact) mass is 404 g/mol. The van der Waals surface area contributed by atoms with Gasteiger partial charge in [0.1, 0.15) is 6.54 Å². The lowest BCUT2D eigenvalue weighted by Gasteiger charge is -2.06. The molecule has 0 spiro atoms. The highest BCUT2D eigenvalue weighted by Crippen LogP contribution is 2.30. The summed E-state index contributed by atoms with van der Waals surface area (Å²) in [6.45, 7) is 4.57. The lowest BCUT2D eigenvalue weighted by Crippen LogP contribution is -2.24. The topological polar surface area (TPSA) is 81.7 Å². The van der Waals surface area contributed by atoms with Gasteiger partial charge in [-0.25, -0.2) is 9.97 Å². The number of para-hydroxylation sites is 2. The zero-order valence-corrected chi connectivity index (χ0v) is 17.0. The van der Waals surface area contributed by atoms with Crippen molar-refractivity contribution in [1.29, 1.82) is 0 Å². The maximum Gasteiger partial charge on any atom is 0.246 e. The third-order valence-corrected chi connectivity index (χ3v) is 5.31. The molecule has 4 rings (SSSR count). The highest BCUT2D eigenvalue weighted by Gasteiger charge is 2.18. The van der Waals surface area contributed by atoms with Gasteiger partial charge in [-0.05, 0) is 33.0 Å². The number of aryl methyl sites for hydroxylation is 1. The number of halogens is 1. The van der Waals surface area contributed by atoms with E-state index in [0.717, 1.165) is 33.8 Å². The van der Waals surface area contributed by atoms with Crippen LogP contribution in [0, 0.1) is 6.92 Å². The second-order valence-corrected chi connectivity index (χ2v) is 7.13. The molecule has 0 saturated carbocycles. The van der Waals surface area contributed by atoms with Crippen LogP contribution in [0.25, 0.3) is 21.7 Å². The molecular weight excluding hydrogens is 384 g/mol. The Labute approximate surface area is 167 Å². The van der Waals surface area contributed by atoms with E-state index in [9.17, 15) is 0 Å². The average Bonchev–Trinajstić information content (AvgIpc) is 3.35. The number of aromatic nitrogens is 5. The van der Waals surface area contributed by atoms with Crippen LogP contribution in [0.15, 0.2) is 34.3 Å². The van der Waals surface area contributed by atoms with Gasteiger partial charge in [-0.15, -0.1) is 23.7 Å². The Kier molecular flexibility index (Phi) is 5.88. The van der Waals surface area contributed by atoms with Crippen LogP contribution in [0.5, 0.6) is 0 Å². The van der Waals surface area contributed by atoms with Gasteiger partial charge in [-0.1, -0.05) is 17.3 Å². The number of hydrogen-bond acceptors (Lipinski definition) is 7. The Morgan fingerprint density at radius 3 is 2.81 bits per heavy atom. The van der Waals surface area contributed by atoms with Crippen molar-refractivity contribution in [3.63, 3.8) is 0 Å². The van der Waals surface area contributed by atoms with Crippen molar-refractivity contribution >= 4 is 34.8 Å². The van der Waals surface area contributed by atoms with Crippen LogP contribution in [0.1, 0.15) is 24.3 Å². The van der Waals surface area contributed by atoms with Crippen LogP contribution in [0.3, 0.4) is 0 Å². The molecule has 1 unspecified atom stereocenters. The molecule has 0 saturated heterocycles. The molecule has 0 amide bonds. The molecule has 142 valence electrons. The van der Waals surface area contributed by atoms with Crippen molar-refractivity contribution < 1.29 is 4.52 Å². The van der Waals surface area contributed by atoms with E-state index in [2.05, 4.69) is 38.0 Å². The maximum absolute atomic E-state index is 5.49. The number of fused-ring (bicyclic) bond motifs is 1. The highest BCUT2D eigenvalue weighted by molar-refractivity contribution is 7.13. The fourth-order valence-electron chi connectivity index (χ4n) is 2.87. The number of nitrogens with one attached hydrogen (secondary N) is 1. The first kappa shape index (κ1) is 19.5. The predicted octanol–water partition coefficient (Wildman–Crippen LogP) is 3.47. The van der Waals surface area contributed by atoms with E-state index in [-0.39, 0.29) is 12.4 Å². The summed E-state index contributed by atoms with van der Waals surface area (Å²) in [5, 5.41) is 7.29. The maximum atomic E-state index is 5.49. The molecular formula is C18H21ClN6OS. The molecule has 1 aromatic carbocycles. The Bertz CT molecular complexity index is 1040. The third-order valence-electron chi connectivity index (χ3n) is 4.39. The van der Waals surface area contributed by atoms with E-state index >= 15 is 0 Å². The zero-order valence-electron chi connectivity index (χ0n) is 15.3. The van der Waals surface area contributed by atoms with Crippen molar-refractivity contribution in [2.24, 2.45) is 0 Å². The molecule has 1 N–H and O–H groups in total. The molecule has 7 nitrogen and oxygen atoms in total. The summed E-state index contributed by atoms with van der Waals surface area (Å²) >= 11 is 1.59. The summed E-state index contributed by atoms with van der Waals surface area (Å²) in [4.78, 5) is 14.8. The molecule has 4 aromatic rings. The van der Waals surface area contributed by atoms with Gasteiger partial charge in [0.2, 0.25) is 5.89 Å². The Morgan fingerprint density at radius 1 is 1.26 bits per heavy atom. The van der Waals surface area contributed by atoms with Crippen molar-refractivity contribution in [3.05, 3.63) is 47.2 Å². The molecule has 0 aliphatic rings. The smallest absolute Gasteiger partial charge is 0.246 e. The van der Waals surface area contributed by atoms with Crippen LogP contribution < -0.4 is 5.32 Å². The molecule has 0 aliphatic heterocycles. The highest BCUT2D eigenvalue weighted by atomic mass is 35.5. The summed E-state index contributed by atoms with van der Waals surface area (Å²) in [6, 6.07) is 8.37. The summed E-state index contributed by atoms with van der Waals surface area (Å²) in [7, 11) is 1.92. The quantitative estimate of drug-likeness (QED) is 0.530. The van der Waals surface area contributed by atoms with Gasteiger partial charge in [0.05, 0.1) is 27.1 Å². The van der Waals surface area contributed by atoms with E-state index < -0.39 is 0 Å². The van der Waals surface area contributed by atoms with Crippen LogP contribution in [-0.2, 0) is 13.0 Å². The summed E-state index contributed by atoms with van der Waals surface area (Å²) < 4.78 is 7.60. The minimum atomic E-state index is 0. The third kappa shape index (κ3) is 3.87. The van der Waals surface area contributed by atoms with E-state index in [1.807, 2.05) is 37.7 Å². The predicted molar refractivity (Wildman–Crippen MR) is 108 cm³/mol. The number of thiazole rings is 1. The van der Waals surface area contributed by atoms with Crippen LogP contribution in [-0.4, -0.2) is 37.8 Å². The van der Waals surface area contributed by atoms with E-state index in [0.29, 0.717) is 24.3 Å². The standard InChI is InChI=1S/C18H20N6OS.ClH/c1-11(19-3)8-15-22-16(25-23-15)9-24-14-7-5-4-6-13(14)21-18(24)17-12(2)20-10-26-17;/h4-7,10-11,19H,8-9H2,1-3H3;1H. The number of nitrogens with zero attached hydrogens (tertiary/aromatic N) is 5. The molecule has 0 bridgehead atoms. The number of benzene rings is 1. The Morgan fingerprint density at radius 2 is 2.07 bits per heavy atom. The molecule has 0 aliphatic carbocycles. The summed E-state index contributed by atoms with van der Waals surface area (Å²) in [5.74, 6) is 2.17. The van der Waals surface area contributed by atoms with Crippen molar-refractivity contribution in [2.75, 3.05) is 7.05 Å². The fourth-order valence-corrected chi connectivity index (χ4v) is 3.67. The van der Waals surface area contributed by atoms with E-state index in [1.54, 1.807) is 11.3 Å². The van der Waals surface area contributed by atoms with Gasteiger partial charge in [-0.3, -0.25) is 0 Å². The Balaban J connectivity index is 0.00000210. The SMILES string of the molecule is CNC(C)Cc1noc(Cn2c(-c3scnc3C)nc3ccccc32)n1.Cl. The van der Waals surface area contributed by atoms with Gasteiger partial charge in [0.25, 0.3) is 0 Å². The van der Waals surface area contributed by atoms with Gasteiger partial charge in [-0.2, -0.15) is 4.98 Å². The fraction of sp³-hybridized carbons (Fsp3) is 0.333. The molecule has 27 heavy (non-hydrogen) atoms. The summed E-state index contributed by atoms with van der Waals surface area (Å²) in [5.41, 5.74) is 4.80. The molecule has 0 fully saturated rings. The lowest BCUT2D eigenvalue weighted by atomic mass is 10.2. The van der Waals surface area contributed by atoms with E-state index in [1.165, 1.54) is 0 Å². The minimum Gasteiger partial charge on any atom is -0.337 e. The van der Waals surface area contributed by atoms with Gasteiger partial charge in [0, 0.05) is 12.5 Å².